The van der Waals surface area contributed by atoms with Crippen molar-refractivity contribution in [3.05, 3.63) is 0 Å². The van der Waals surface area contributed by atoms with Crippen molar-refractivity contribution in [1.82, 2.24) is 0 Å². The van der Waals surface area contributed by atoms with E-state index >= 15 is 0 Å². The molecular weight excluding hydrogens is 136 g/mol. The molecule has 1 atom stereocenters. The predicted molar refractivity (Wildman–Crippen MR) is 33.1 cm³/mol. The SMILES string of the molecule is CCC(O)C(=O)OC(C)=O. The first-order valence-electron chi connectivity index (χ1n) is 2.98. The lowest BCUT2D eigenvalue weighted by molar-refractivity contribution is -0.164. The third-order valence-electron chi connectivity index (χ3n) is 0.903. The molecule has 1 N–H and O–H groups in total. The summed E-state index contributed by atoms with van der Waals surface area (Å²) in [6, 6.07) is 0. The van der Waals surface area contributed by atoms with Gasteiger partial charge in [-0.05, 0) is 6.42 Å². The van der Waals surface area contributed by atoms with Gasteiger partial charge in [0, 0.05) is 6.92 Å². The standard InChI is InChI=1S/C6H10O4/c1-3-5(8)6(9)10-4(2)7/h5,8H,3H2,1-2H3. The lowest BCUT2D eigenvalue weighted by Crippen LogP contribution is -2.23. The molecule has 0 aromatic carbocycles. The minimum atomic E-state index is -1.18. The van der Waals surface area contributed by atoms with Crippen LogP contribution in [0.25, 0.3) is 0 Å². The van der Waals surface area contributed by atoms with E-state index in [0.717, 1.165) is 6.92 Å². The Morgan fingerprint density at radius 2 is 2.10 bits per heavy atom. The molecule has 0 spiro atoms. The summed E-state index contributed by atoms with van der Waals surface area (Å²) >= 11 is 0. The van der Waals surface area contributed by atoms with Gasteiger partial charge < -0.3 is 9.84 Å². The molecule has 0 saturated heterocycles. The fourth-order valence-electron chi connectivity index (χ4n) is 0.376. The highest BCUT2D eigenvalue weighted by molar-refractivity contribution is 5.86. The van der Waals surface area contributed by atoms with Crippen molar-refractivity contribution in [1.29, 1.82) is 0 Å². The Morgan fingerprint density at radius 3 is 2.40 bits per heavy atom. The molecular formula is C6H10O4. The number of carbonyl (C=O) groups is 2. The van der Waals surface area contributed by atoms with Gasteiger partial charge in [-0.3, -0.25) is 4.79 Å². The van der Waals surface area contributed by atoms with Crippen LogP contribution in [0.3, 0.4) is 0 Å². The van der Waals surface area contributed by atoms with Crippen LogP contribution in [0.2, 0.25) is 0 Å². The first-order valence-corrected chi connectivity index (χ1v) is 2.98. The summed E-state index contributed by atoms with van der Waals surface area (Å²) in [5.74, 6) is -1.58. The molecule has 10 heavy (non-hydrogen) atoms. The van der Waals surface area contributed by atoms with Gasteiger partial charge in [0.1, 0.15) is 0 Å². The smallest absolute Gasteiger partial charge is 0.342 e. The van der Waals surface area contributed by atoms with Crippen molar-refractivity contribution < 1.29 is 19.4 Å². The number of ether oxygens (including phenoxy) is 1. The largest absolute Gasteiger partial charge is 0.391 e. The van der Waals surface area contributed by atoms with Crippen LogP contribution in [0.4, 0.5) is 0 Å². The molecule has 4 heteroatoms. The second-order valence-corrected chi connectivity index (χ2v) is 1.84. The molecule has 0 saturated carbocycles. The zero-order chi connectivity index (χ0) is 8.15. The molecule has 4 nitrogen and oxygen atoms in total. The van der Waals surface area contributed by atoms with Crippen LogP contribution in [-0.2, 0) is 14.3 Å². The molecule has 0 aliphatic carbocycles. The van der Waals surface area contributed by atoms with E-state index in [1.807, 2.05) is 0 Å². The van der Waals surface area contributed by atoms with Gasteiger partial charge in [-0.2, -0.15) is 0 Å². The molecule has 0 heterocycles. The van der Waals surface area contributed by atoms with E-state index in [1.54, 1.807) is 6.92 Å². The Hall–Kier alpha value is -0.900. The molecule has 0 aromatic rings. The number of hydrogen-bond acceptors (Lipinski definition) is 4. The molecule has 0 rings (SSSR count). The van der Waals surface area contributed by atoms with Gasteiger partial charge in [0.05, 0.1) is 0 Å². The summed E-state index contributed by atoms with van der Waals surface area (Å²) in [6.07, 6.45) is -0.921. The molecule has 0 aromatic heterocycles. The monoisotopic (exact) mass is 146 g/mol. The Balaban J connectivity index is 3.73. The fourth-order valence-corrected chi connectivity index (χ4v) is 0.376. The van der Waals surface area contributed by atoms with Gasteiger partial charge in [0.15, 0.2) is 6.10 Å². The zero-order valence-corrected chi connectivity index (χ0v) is 5.96. The van der Waals surface area contributed by atoms with Crippen LogP contribution in [0.1, 0.15) is 20.3 Å². The number of esters is 2. The van der Waals surface area contributed by atoms with Gasteiger partial charge in [0.2, 0.25) is 0 Å². The second-order valence-electron chi connectivity index (χ2n) is 1.84. The van der Waals surface area contributed by atoms with E-state index in [-0.39, 0.29) is 6.42 Å². The van der Waals surface area contributed by atoms with Gasteiger partial charge in [-0.15, -0.1) is 0 Å². The summed E-state index contributed by atoms with van der Waals surface area (Å²) < 4.78 is 4.08. The van der Waals surface area contributed by atoms with E-state index in [9.17, 15) is 9.59 Å². The summed E-state index contributed by atoms with van der Waals surface area (Å²) in [5.41, 5.74) is 0. The number of carbonyl (C=O) groups excluding carboxylic acids is 2. The van der Waals surface area contributed by atoms with E-state index in [1.165, 1.54) is 0 Å². The molecule has 0 fully saturated rings. The topological polar surface area (TPSA) is 63.6 Å². The first kappa shape index (κ1) is 9.10. The van der Waals surface area contributed by atoms with Gasteiger partial charge in [-0.25, -0.2) is 4.79 Å². The Labute approximate surface area is 58.8 Å². The minimum absolute atomic E-state index is 0.256. The molecule has 1 unspecified atom stereocenters. The lowest BCUT2D eigenvalue weighted by atomic mass is 10.3. The highest BCUT2D eigenvalue weighted by Crippen LogP contribution is 1.93. The first-order chi connectivity index (χ1) is 4.57. The van der Waals surface area contributed by atoms with E-state index < -0.39 is 18.0 Å². The minimum Gasteiger partial charge on any atom is -0.391 e. The fraction of sp³-hybridized carbons (Fsp3) is 0.667. The number of hydrogen-bond donors (Lipinski definition) is 1. The van der Waals surface area contributed by atoms with Crippen LogP contribution < -0.4 is 0 Å². The lowest BCUT2D eigenvalue weighted by Gasteiger charge is -2.03. The third kappa shape index (κ3) is 3.19. The number of aliphatic hydroxyl groups excluding tert-OH is 1. The maximum atomic E-state index is 10.5. The third-order valence-corrected chi connectivity index (χ3v) is 0.903. The average Bonchev–Trinajstić information content (AvgIpc) is 1.85. The molecule has 0 aliphatic rings. The van der Waals surface area contributed by atoms with Crippen LogP contribution in [-0.4, -0.2) is 23.1 Å². The highest BCUT2D eigenvalue weighted by Gasteiger charge is 2.15. The van der Waals surface area contributed by atoms with Crippen LogP contribution >= 0.6 is 0 Å². The molecule has 0 amide bonds. The Kier molecular flexibility index (Phi) is 3.64. The Bertz CT molecular complexity index is 141. The van der Waals surface area contributed by atoms with Crippen molar-refractivity contribution in [2.45, 2.75) is 26.4 Å². The van der Waals surface area contributed by atoms with E-state index in [0.29, 0.717) is 0 Å². The predicted octanol–water partition coefficient (Wildman–Crippen LogP) is -0.153. The summed E-state index contributed by atoms with van der Waals surface area (Å²) in [4.78, 5) is 20.6. The van der Waals surface area contributed by atoms with Gasteiger partial charge in [0.25, 0.3) is 0 Å². The average molecular weight is 146 g/mol. The maximum absolute atomic E-state index is 10.5. The van der Waals surface area contributed by atoms with Gasteiger partial charge in [-0.1, -0.05) is 6.92 Å². The number of rotatable bonds is 2. The quantitative estimate of drug-likeness (QED) is 0.434. The summed E-state index contributed by atoms with van der Waals surface area (Å²) in [7, 11) is 0. The second kappa shape index (κ2) is 4.00. The van der Waals surface area contributed by atoms with Crippen LogP contribution in [0.15, 0.2) is 0 Å². The molecule has 0 aliphatic heterocycles. The van der Waals surface area contributed by atoms with E-state index in [4.69, 9.17) is 5.11 Å². The van der Waals surface area contributed by atoms with Gasteiger partial charge >= 0.3 is 11.9 Å². The van der Waals surface area contributed by atoms with E-state index in [2.05, 4.69) is 4.74 Å². The summed E-state index contributed by atoms with van der Waals surface area (Å²) in [5, 5.41) is 8.75. The zero-order valence-electron chi connectivity index (χ0n) is 5.96. The van der Waals surface area contributed by atoms with Crippen molar-refractivity contribution in [3.63, 3.8) is 0 Å². The van der Waals surface area contributed by atoms with Crippen LogP contribution in [0.5, 0.6) is 0 Å². The normalized spacial score (nSPS) is 12.3. The van der Waals surface area contributed by atoms with Crippen molar-refractivity contribution in [2.24, 2.45) is 0 Å². The maximum Gasteiger partial charge on any atom is 0.342 e. The highest BCUT2D eigenvalue weighted by atomic mass is 16.6. The Morgan fingerprint density at radius 1 is 1.60 bits per heavy atom. The van der Waals surface area contributed by atoms with Crippen molar-refractivity contribution in [3.8, 4) is 0 Å². The van der Waals surface area contributed by atoms with Crippen molar-refractivity contribution >= 4 is 11.9 Å². The molecule has 0 bridgehead atoms. The van der Waals surface area contributed by atoms with Crippen molar-refractivity contribution in [2.75, 3.05) is 0 Å². The van der Waals surface area contributed by atoms with Crippen LogP contribution in [0, 0.1) is 0 Å². The molecule has 58 valence electrons. The number of aliphatic hydroxyl groups is 1. The molecule has 0 radical (unpaired) electrons. The summed E-state index contributed by atoms with van der Waals surface area (Å²) in [6.45, 7) is 2.73.